The highest BCUT2D eigenvalue weighted by atomic mass is 16.6. The number of benzene rings is 2. The molecule has 0 amide bonds. The Labute approximate surface area is 180 Å². The van der Waals surface area contributed by atoms with Gasteiger partial charge in [-0.15, -0.1) is 0 Å². The molecule has 0 unspecified atom stereocenters. The van der Waals surface area contributed by atoms with Crippen LogP contribution in [-0.4, -0.2) is 64.2 Å². The molecule has 4 heterocycles. The summed E-state index contributed by atoms with van der Waals surface area (Å²) >= 11 is 0. The molecule has 4 N–H and O–H groups in total. The fourth-order valence-electron chi connectivity index (χ4n) is 4.60. The molecule has 32 heavy (non-hydrogen) atoms. The van der Waals surface area contributed by atoms with Crippen LogP contribution in [0.3, 0.4) is 0 Å². The van der Waals surface area contributed by atoms with Crippen LogP contribution in [0.4, 0.5) is 0 Å². The Morgan fingerprint density at radius 2 is 1.94 bits per heavy atom. The maximum atomic E-state index is 12.9. The molecule has 1 aliphatic rings. The molecule has 10 nitrogen and oxygen atoms in total. The number of aliphatic hydroxyl groups is 3. The summed E-state index contributed by atoms with van der Waals surface area (Å²) in [5.41, 5.74) is -1.12. The van der Waals surface area contributed by atoms with E-state index < -0.39 is 30.6 Å². The first-order chi connectivity index (χ1) is 15.5. The van der Waals surface area contributed by atoms with Crippen molar-refractivity contribution in [2.75, 3.05) is 6.61 Å². The molecule has 10 heteroatoms. The van der Waals surface area contributed by atoms with Gasteiger partial charge in [0.2, 0.25) is 11.5 Å². The molecule has 162 valence electrons. The molecule has 5 aromatic rings. The summed E-state index contributed by atoms with van der Waals surface area (Å²) in [5.74, 6) is 0.296. The van der Waals surface area contributed by atoms with E-state index in [0.29, 0.717) is 11.3 Å². The first-order valence-electron chi connectivity index (χ1n) is 10.1. The SMILES string of the molecule is O=c1c2ncn([C@]3(c4ccc5ccccc5c4)O[C@H](CO)[C@@H](O)[C@H]3O)c2[nH]c2nccn12. The van der Waals surface area contributed by atoms with Crippen molar-refractivity contribution in [2.24, 2.45) is 0 Å². The predicted octanol–water partition coefficient (Wildman–Crippen LogP) is 0.339. The van der Waals surface area contributed by atoms with Gasteiger partial charge in [0, 0.05) is 18.0 Å². The maximum absolute atomic E-state index is 12.9. The van der Waals surface area contributed by atoms with Crippen molar-refractivity contribution in [3.8, 4) is 0 Å². The lowest BCUT2D eigenvalue weighted by Gasteiger charge is -2.34. The van der Waals surface area contributed by atoms with E-state index in [1.807, 2.05) is 36.4 Å². The van der Waals surface area contributed by atoms with E-state index in [1.54, 1.807) is 6.07 Å². The minimum absolute atomic E-state index is 0.119. The van der Waals surface area contributed by atoms with Crippen molar-refractivity contribution in [3.63, 3.8) is 0 Å². The van der Waals surface area contributed by atoms with Crippen LogP contribution in [0.1, 0.15) is 5.56 Å². The van der Waals surface area contributed by atoms with Crippen LogP contribution >= 0.6 is 0 Å². The quantitative estimate of drug-likeness (QED) is 0.322. The van der Waals surface area contributed by atoms with Crippen LogP contribution in [0, 0.1) is 0 Å². The summed E-state index contributed by atoms with van der Waals surface area (Å²) in [7, 11) is 0. The van der Waals surface area contributed by atoms with Gasteiger partial charge in [-0.25, -0.2) is 14.4 Å². The van der Waals surface area contributed by atoms with Gasteiger partial charge in [0.05, 0.1) is 12.9 Å². The molecule has 1 aliphatic heterocycles. The fraction of sp³-hybridized carbons (Fsp3) is 0.227. The number of aliphatic hydroxyl groups excluding tert-OH is 3. The highest BCUT2D eigenvalue weighted by Crippen LogP contribution is 2.43. The lowest BCUT2D eigenvalue weighted by Crippen LogP contribution is -2.46. The topological polar surface area (TPSA) is 138 Å². The van der Waals surface area contributed by atoms with Gasteiger partial charge < -0.3 is 25.0 Å². The third kappa shape index (κ3) is 2.40. The van der Waals surface area contributed by atoms with Gasteiger partial charge in [0.25, 0.3) is 5.56 Å². The zero-order chi connectivity index (χ0) is 22.0. The average Bonchev–Trinajstić information content (AvgIpc) is 3.52. The van der Waals surface area contributed by atoms with Crippen LogP contribution in [0.15, 0.2) is 66.0 Å². The second-order valence-corrected chi connectivity index (χ2v) is 7.90. The van der Waals surface area contributed by atoms with Crippen LogP contribution in [-0.2, 0) is 10.5 Å². The number of aromatic nitrogens is 5. The smallest absolute Gasteiger partial charge is 0.287 e. The minimum Gasteiger partial charge on any atom is -0.394 e. The molecule has 2 aromatic carbocycles. The standard InChI is InChI=1S/C22H19N5O5/c28-10-15-17(29)18(30)22(32-15,14-6-5-12-3-1-2-4-13(12)9-14)27-11-24-16-19(27)25-21-23-7-8-26(21)20(16)31/h1-9,11,15,17-18,28-30H,10H2,(H,23,25)/t15-,17-,18-,22-/m1/s1. The number of nitrogens with zero attached hydrogens (tertiary/aromatic N) is 4. The van der Waals surface area contributed by atoms with Gasteiger partial charge in [0.1, 0.15) is 24.0 Å². The van der Waals surface area contributed by atoms with E-state index in [1.165, 1.54) is 27.7 Å². The van der Waals surface area contributed by atoms with Gasteiger partial charge in [-0.1, -0.05) is 36.4 Å². The zero-order valence-corrected chi connectivity index (χ0v) is 16.7. The first-order valence-corrected chi connectivity index (χ1v) is 10.1. The number of ether oxygens (including phenoxy) is 1. The lowest BCUT2D eigenvalue weighted by molar-refractivity contribution is -0.115. The normalized spacial score (nSPS) is 25.9. The predicted molar refractivity (Wildman–Crippen MR) is 114 cm³/mol. The second-order valence-electron chi connectivity index (χ2n) is 7.90. The molecular weight excluding hydrogens is 414 g/mol. The molecule has 0 radical (unpaired) electrons. The number of fused-ring (bicyclic) bond motifs is 3. The molecule has 0 bridgehead atoms. The third-order valence-corrected chi connectivity index (χ3v) is 6.20. The van der Waals surface area contributed by atoms with Crippen LogP contribution in [0.25, 0.3) is 27.7 Å². The average molecular weight is 433 g/mol. The van der Waals surface area contributed by atoms with Gasteiger partial charge in [-0.2, -0.15) is 0 Å². The first kappa shape index (κ1) is 19.1. The second kappa shape index (κ2) is 6.71. The lowest BCUT2D eigenvalue weighted by atomic mass is 9.92. The van der Waals surface area contributed by atoms with Gasteiger partial charge in [-0.3, -0.25) is 9.36 Å². The Hall–Kier alpha value is -3.57. The maximum Gasteiger partial charge on any atom is 0.287 e. The fourth-order valence-corrected chi connectivity index (χ4v) is 4.60. The van der Waals surface area contributed by atoms with Crippen LogP contribution < -0.4 is 5.56 Å². The van der Waals surface area contributed by atoms with E-state index in [-0.39, 0.29) is 16.7 Å². The largest absolute Gasteiger partial charge is 0.394 e. The summed E-state index contributed by atoms with van der Waals surface area (Å²) in [6, 6.07) is 13.2. The molecule has 0 spiro atoms. The Morgan fingerprint density at radius 3 is 2.72 bits per heavy atom. The Balaban J connectivity index is 1.68. The number of nitrogens with one attached hydrogen (secondary N) is 1. The molecule has 4 atom stereocenters. The van der Waals surface area contributed by atoms with E-state index in [4.69, 9.17) is 4.74 Å². The van der Waals surface area contributed by atoms with E-state index in [9.17, 15) is 20.1 Å². The molecule has 1 saturated heterocycles. The molecule has 1 fully saturated rings. The summed E-state index contributed by atoms with van der Waals surface area (Å²) in [6.07, 6.45) is 0.520. The number of hydrogen-bond donors (Lipinski definition) is 4. The summed E-state index contributed by atoms with van der Waals surface area (Å²) in [4.78, 5) is 24.4. The number of H-pyrrole nitrogens is 1. The molecule has 3 aromatic heterocycles. The van der Waals surface area contributed by atoms with Crippen molar-refractivity contribution in [3.05, 3.63) is 77.1 Å². The van der Waals surface area contributed by atoms with Crippen molar-refractivity contribution in [2.45, 2.75) is 24.0 Å². The summed E-state index contributed by atoms with van der Waals surface area (Å²) < 4.78 is 8.99. The van der Waals surface area contributed by atoms with E-state index in [0.717, 1.165) is 10.8 Å². The van der Waals surface area contributed by atoms with Gasteiger partial charge in [-0.05, 0) is 16.8 Å². The van der Waals surface area contributed by atoms with Crippen molar-refractivity contribution >= 4 is 27.7 Å². The van der Waals surface area contributed by atoms with Crippen molar-refractivity contribution in [1.29, 1.82) is 0 Å². The summed E-state index contributed by atoms with van der Waals surface area (Å²) in [5, 5.41) is 33.6. The Bertz CT molecular complexity index is 1540. The van der Waals surface area contributed by atoms with E-state index >= 15 is 0 Å². The zero-order valence-electron chi connectivity index (χ0n) is 16.7. The summed E-state index contributed by atoms with van der Waals surface area (Å²) in [6.45, 7) is -0.499. The van der Waals surface area contributed by atoms with Gasteiger partial charge >= 0.3 is 0 Å². The highest BCUT2D eigenvalue weighted by molar-refractivity contribution is 5.83. The van der Waals surface area contributed by atoms with Crippen LogP contribution in [0.2, 0.25) is 0 Å². The van der Waals surface area contributed by atoms with Crippen molar-refractivity contribution in [1.82, 2.24) is 23.9 Å². The minimum atomic E-state index is -1.65. The molecule has 6 rings (SSSR count). The van der Waals surface area contributed by atoms with Gasteiger partial charge in [0.15, 0.2) is 5.52 Å². The molecular formula is C22H19N5O5. The third-order valence-electron chi connectivity index (χ3n) is 6.20. The monoisotopic (exact) mass is 433 g/mol. The molecule has 0 saturated carbocycles. The van der Waals surface area contributed by atoms with Crippen LogP contribution in [0.5, 0.6) is 0 Å². The Kier molecular flexibility index (Phi) is 4.01. The number of rotatable bonds is 3. The van der Waals surface area contributed by atoms with E-state index in [2.05, 4.69) is 15.0 Å². The number of hydrogen-bond acceptors (Lipinski definition) is 7. The number of aromatic amines is 1. The highest BCUT2D eigenvalue weighted by Gasteiger charge is 2.57. The van der Waals surface area contributed by atoms with Crippen molar-refractivity contribution < 1.29 is 20.1 Å². The molecule has 0 aliphatic carbocycles. The Morgan fingerprint density at radius 1 is 1.12 bits per heavy atom. The number of imidazole rings is 2.